The van der Waals surface area contributed by atoms with E-state index in [1.165, 1.54) is 0 Å². The number of nitrogens with one attached hydrogen (secondary N) is 2. The highest BCUT2D eigenvalue weighted by Crippen LogP contribution is 2.26. The first kappa shape index (κ1) is 17.5. The zero-order valence-corrected chi connectivity index (χ0v) is 15.2. The molecule has 0 atom stereocenters. The topological polar surface area (TPSA) is 91.7 Å². The lowest BCUT2D eigenvalue weighted by Gasteiger charge is -2.16. The van der Waals surface area contributed by atoms with Crippen LogP contribution in [0.15, 0.2) is 28.0 Å². The van der Waals surface area contributed by atoms with E-state index in [-0.39, 0.29) is 11.5 Å². The summed E-state index contributed by atoms with van der Waals surface area (Å²) in [5.41, 5.74) is 5.02. The Balaban J connectivity index is 1.31. The minimum absolute atomic E-state index is 0.0394. The third kappa shape index (κ3) is 3.80. The number of hydrazine groups is 1. The minimum atomic E-state index is -0.217. The highest BCUT2D eigenvalue weighted by molar-refractivity contribution is 5.75. The molecule has 27 heavy (non-hydrogen) atoms. The maximum atomic E-state index is 11.9. The van der Waals surface area contributed by atoms with Crippen LogP contribution in [0.2, 0.25) is 0 Å². The summed E-state index contributed by atoms with van der Waals surface area (Å²) in [7, 11) is 0. The van der Waals surface area contributed by atoms with E-state index in [9.17, 15) is 9.59 Å². The van der Waals surface area contributed by atoms with Crippen molar-refractivity contribution in [1.29, 1.82) is 0 Å². The van der Waals surface area contributed by atoms with Crippen LogP contribution >= 0.6 is 0 Å². The number of amides is 1. The number of carbonyl (C=O) groups excluding carboxylic acids is 1. The van der Waals surface area contributed by atoms with Gasteiger partial charge in [-0.15, -0.1) is 0 Å². The molecule has 1 aromatic carbocycles. The average molecular weight is 369 g/mol. The molecule has 2 N–H and O–H groups in total. The molecule has 1 amide bonds. The van der Waals surface area contributed by atoms with Gasteiger partial charge in [0.05, 0.1) is 18.8 Å². The van der Waals surface area contributed by atoms with Crippen LogP contribution < -0.4 is 26.7 Å². The van der Waals surface area contributed by atoms with Crippen LogP contribution in [0.4, 0.5) is 5.69 Å². The first-order valence-corrected chi connectivity index (χ1v) is 9.27. The molecule has 1 fully saturated rings. The first-order valence-electron chi connectivity index (χ1n) is 9.27. The molecular weight excluding hydrogens is 346 g/mol. The Morgan fingerprint density at radius 3 is 2.96 bits per heavy atom. The highest BCUT2D eigenvalue weighted by atomic mass is 16.5. The Morgan fingerprint density at radius 1 is 1.33 bits per heavy atom. The number of imidazole rings is 1. The summed E-state index contributed by atoms with van der Waals surface area (Å²) >= 11 is 0. The molecule has 8 nitrogen and oxygen atoms in total. The summed E-state index contributed by atoms with van der Waals surface area (Å²) in [6, 6.07) is 5.66. The molecular formula is C19H23N5O3. The molecule has 0 aliphatic carbocycles. The fourth-order valence-corrected chi connectivity index (χ4v) is 3.41. The molecule has 2 aliphatic heterocycles. The predicted molar refractivity (Wildman–Crippen MR) is 100 cm³/mol. The Bertz CT molecular complexity index is 1020. The SMILES string of the molecule is C=c1c(=O)[nH]c2n1Cc1cc(OCCCC(=O)NN3CCCC3)ccc1N=2. The van der Waals surface area contributed by atoms with Gasteiger partial charge < -0.3 is 9.30 Å². The molecule has 0 unspecified atom stereocenters. The van der Waals surface area contributed by atoms with Crippen molar-refractivity contribution in [3.8, 4) is 5.75 Å². The van der Waals surface area contributed by atoms with E-state index in [2.05, 4.69) is 22.0 Å². The van der Waals surface area contributed by atoms with Gasteiger partial charge in [0.25, 0.3) is 5.56 Å². The number of ether oxygens (including phenoxy) is 1. The lowest BCUT2D eigenvalue weighted by Crippen LogP contribution is -2.39. The number of H-pyrrole nitrogens is 1. The van der Waals surface area contributed by atoms with E-state index in [0.29, 0.717) is 37.0 Å². The molecule has 142 valence electrons. The molecule has 0 saturated carbocycles. The standard InChI is InChI=1S/C19H23N5O3/c1-13-18(26)21-19-20-16-7-6-15(11-14(16)12-24(13)19)27-10-4-5-17(25)22-23-8-2-3-9-23/h6-7,11H,1-5,8-10,12H2,(H,22,25)(H,20,21,26). The number of hydrogen-bond acceptors (Lipinski definition) is 5. The van der Waals surface area contributed by atoms with Gasteiger partial charge >= 0.3 is 0 Å². The summed E-state index contributed by atoms with van der Waals surface area (Å²) in [4.78, 5) is 30.8. The van der Waals surface area contributed by atoms with Crippen LogP contribution in [-0.4, -0.2) is 40.2 Å². The maximum absolute atomic E-state index is 11.9. The van der Waals surface area contributed by atoms with Gasteiger partial charge in [0, 0.05) is 25.1 Å². The van der Waals surface area contributed by atoms with E-state index < -0.39 is 0 Å². The molecule has 0 bridgehead atoms. The van der Waals surface area contributed by atoms with Crippen LogP contribution in [-0.2, 0) is 11.3 Å². The lowest BCUT2D eigenvalue weighted by molar-refractivity contribution is -0.125. The molecule has 2 aliphatic rings. The van der Waals surface area contributed by atoms with Crippen molar-refractivity contribution in [2.45, 2.75) is 32.2 Å². The number of fused-ring (bicyclic) bond motifs is 2. The van der Waals surface area contributed by atoms with Gasteiger partial charge in [0.1, 0.15) is 11.1 Å². The maximum Gasteiger partial charge on any atom is 0.274 e. The summed E-state index contributed by atoms with van der Waals surface area (Å²) in [6.45, 7) is 6.66. The molecule has 2 aromatic rings. The van der Waals surface area contributed by atoms with Gasteiger partial charge in [-0.25, -0.2) is 10.0 Å². The largest absolute Gasteiger partial charge is 0.494 e. The summed E-state index contributed by atoms with van der Waals surface area (Å²) in [5, 5.41) is 2.38. The predicted octanol–water partition coefficient (Wildman–Crippen LogP) is 0.186. The molecule has 8 heteroatoms. The second kappa shape index (κ2) is 7.40. The van der Waals surface area contributed by atoms with Crippen molar-refractivity contribution >= 4 is 18.2 Å². The number of aromatic nitrogens is 2. The van der Waals surface area contributed by atoms with E-state index >= 15 is 0 Å². The van der Waals surface area contributed by atoms with E-state index in [1.807, 2.05) is 23.2 Å². The number of nitrogens with zero attached hydrogens (tertiary/aromatic N) is 3. The Hall–Kier alpha value is -2.87. The number of carbonyl (C=O) groups is 1. The van der Waals surface area contributed by atoms with Crippen molar-refractivity contribution in [3.63, 3.8) is 0 Å². The summed E-state index contributed by atoms with van der Waals surface area (Å²) in [5.74, 6) is 0.772. The van der Waals surface area contributed by atoms with Gasteiger partial charge in [-0.3, -0.25) is 20.0 Å². The summed E-state index contributed by atoms with van der Waals surface area (Å²) in [6.07, 6.45) is 3.38. The number of hydrogen-bond donors (Lipinski definition) is 2. The monoisotopic (exact) mass is 369 g/mol. The normalized spacial score (nSPS) is 15.7. The molecule has 1 saturated heterocycles. The molecule has 0 radical (unpaired) electrons. The van der Waals surface area contributed by atoms with Gasteiger partial charge in [-0.05, 0) is 37.5 Å². The minimum Gasteiger partial charge on any atom is -0.494 e. The van der Waals surface area contributed by atoms with Crippen molar-refractivity contribution in [3.05, 3.63) is 45.1 Å². The smallest absolute Gasteiger partial charge is 0.274 e. The number of aromatic amines is 1. The molecule has 4 rings (SSSR count). The second-order valence-electron chi connectivity index (χ2n) is 6.89. The number of benzene rings is 1. The lowest BCUT2D eigenvalue weighted by atomic mass is 10.1. The zero-order chi connectivity index (χ0) is 18.8. The quantitative estimate of drug-likeness (QED) is 0.607. The van der Waals surface area contributed by atoms with E-state index in [1.54, 1.807) is 4.57 Å². The van der Waals surface area contributed by atoms with Crippen LogP contribution in [0.5, 0.6) is 5.75 Å². The summed E-state index contributed by atoms with van der Waals surface area (Å²) < 4.78 is 7.55. The Morgan fingerprint density at radius 2 is 2.15 bits per heavy atom. The van der Waals surface area contributed by atoms with Crippen LogP contribution in [0.1, 0.15) is 31.2 Å². The first-order chi connectivity index (χ1) is 13.1. The van der Waals surface area contributed by atoms with Crippen LogP contribution in [0.3, 0.4) is 0 Å². The fourth-order valence-electron chi connectivity index (χ4n) is 3.41. The molecule has 3 heterocycles. The average Bonchev–Trinajstić information content (AvgIpc) is 3.25. The third-order valence-corrected chi connectivity index (χ3v) is 4.88. The van der Waals surface area contributed by atoms with E-state index in [0.717, 1.165) is 42.9 Å². The van der Waals surface area contributed by atoms with E-state index in [4.69, 9.17) is 4.74 Å². The van der Waals surface area contributed by atoms with Crippen molar-refractivity contribution in [1.82, 2.24) is 20.0 Å². The molecule has 1 aromatic heterocycles. The van der Waals surface area contributed by atoms with Crippen molar-refractivity contribution in [2.24, 2.45) is 4.99 Å². The van der Waals surface area contributed by atoms with Gasteiger partial charge in [0.15, 0.2) is 0 Å². The van der Waals surface area contributed by atoms with Crippen LogP contribution in [0.25, 0.3) is 6.58 Å². The Kier molecular flexibility index (Phi) is 4.81. The van der Waals surface area contributed by atoms with Crippen molar-refractivity contribution in [2.75, 3.05) is 19.7 Å². The highest BCUT2D eigenvalue weighted by Gasteiger charge is 2.15. The number of rotatable bonds is 6. The zero-order valence-electron chi connectivity index (χ0n) is 15.2. The fraction of sp³-hybridized carbons (Fsp3) is 0.421. The van der Waals surface area contributed by atoms with Gasteiger partial charge in [-0.2, -0.15) is 0 Å². The molecule has 0 spiro atoms. The van der Waals surface area contributed by atoms with Crippen molar-refractivity contribution < 1.29 is 9.53 Å². The second-order valence-corrected chi connectivity index (χ2v) is 6.89. The van der Waals surface area contributed by atoms with Gasteiger partial charge in [-0.1, -0.05) is 6.58 Å². The third-order valence-electron chi connectivity index (χ3n) is 4.88. The van der Waals surface area contributed by atoms with Gasteiger partial charge in [0.2, 0.25) is 11.5 Å². The van der Waals surface area contributed by atoms with Crippen LogP contribution in [0, 0.1) is 0 Å². The Labute approximate surface area is 156 Å².